The topological polar surface area (TPSA) is 29.4 Å². The quantitative estimate of drug-likeness (QED) is 0.785. The molecule has 0 unspecified atom stereocenters. The lowest BCUT2D eigenvalue weighted by Gasteiger charge is -2.09. The molecule has 2 nitrogen and oxygen atoms in total. The van der Waals surface area contributed by atoms with Crippen LogP contribution in [0.5, 0.6) is 0 Å². The fourth-order valence-electron chi connectivity index (χ4n) is 2.29. The Kier molecular flexibility index (Phi) is 3.18. The summed E-state index contributed by atoms with van der Waals surface area (Å²) in [6.07, 6.45) is 0.423. The Morgan fingerprint density at radius 1 is 1.05 bits per heavy atom. The Hall–Kier alpha value is -1.93. The molecule has 1 heterocycles. The van der Waals surface area contributed by atoms with E-state index in [9.17, 15) is 4.79 Å². The van der Waals surface area contributed by atoms with E-state index in [0.29, 0.717) is 11.4 Å². The molecule has 94 valence electrons. The summed E-state index contributed by atoms with van der Waals surface area (Å²) in [4.78, 5) is 16.2. The van der Waals surface area contributed by atoms with Crippen molar-refractivity contribution in [1.29, 1.82) is 0 Å². The zero-order valence-corrected chi connectivity index (χ0v) is 11.0. The highest BCUT2D eigenvalue weighted by molar-refractivity contribution is 6.31. The summed E-state index contributed by atoms with van der Waals surface area (Å²) in [7, 11) is 0. The molecule has 1 aliphatic heterocycles. The molecule has 0 aromatic heterocycles. The molecule has 0 N–H and O–H groups in total. The fraction of sp³-hybridized carbons (Fsp3) is 0.125. The SMILES string of the molecule is O=C1CN=C(c2ccccc2)[13c]2[13cH][13c](Cl)[13cH][13cH][13c]2C1. The van der Waals surface area contributed by atoms with Crippen LogP contribution in [0.15, 0.2) is 53.5 Å². The van der Waals surface area contributed by atoms with Gasteiger partial charge in [0, 0.05) is 22.6 Å². The van der Waals surface area contributed by atoms with Gasteiger partial charge in [0.05, 0.1) is 12.3 Å². The van der Waals surface area contributed by atoms with Crippen LogP contribution in [0.2, 0.25) is 5.02 Å². The lowest BCUT2D eigenvalue weighted by molar-refractivity contribution is -0.117. The van der Waals surface area contributed by atoms with E-state index >= 15 is 0 Å². The minimum atomic E-state index is 0.134. The Labute approximate surface area is 116 Å². The van der Waals surface area contributed by atoms with E-state index in [1.807, 2.05) is 48.5 Å². The minimum absolute atomic E-state index is 0.134. The van der Waals surface area contributed by atoms with Gasteiger partial charge in [0.2, 0.25) is 0 Å². The van der Waals surface area contributed by atoms with Crippen LogP contribution in [0.25, 0.3) is 0 Å². The highest BCUT2D eigenvalue weighted by Crippen LogP contribution is 2.23. The van der Waals surface area contributed by atoms with Gasteiger partial charge in [-0.3, -0.25) is 9.79 Å². The van der Waals surface area contributed by atoms with E-state index in [0.717, 1.165) is 22.4 Å². The number of rotatable bonds is 1. The normalized spacial score (nSPS) is 14.6. The van der Waals surface area contributed by atoms with Crippen molar-refractivity contribution in [3.63, 3.8) is 0 Å². The molecule has 0 atom stereocenters. The van der Waals surface area contributed by atoms with Gasteiger partial charge in [-0.25, -0.2) is 0 Å². The van der Waals surface area contributed by atoms with Crippen molar-refractivity contribution >= 4 is 23.1 Å². The van der Waals surface area contributed by atoms with Crippen LogP contribution in [0.3, 0.4) is 0 Å². The number of carbonyl (C=O) groups excluding carboxylic acids is 1. The van der Waals surface area contributed by atoms with Crippen LogP contribution < -0.4 is 0 Å². The standard InChI is InChI=1S/C16H12ClNO/c17-13-7-6-12-8-14(19)10-18-16(15(12)9-13)11-4-2-1-3-5-11/h1-7,9H,8,10H2/i6+1,7+1,9+1,12+1,13+1,15+1. The maximum atomic E-state index is 11.8. The fourth-order valence-corrected chi connectivity index (χ4v) is 2.46. The molecule has 2 aromatic carbocycles. The molecule has 0 saturated heterocycles. The van der Waals surface area contributed by atoms with Crippen molar-refractivity contribution in [2.45, 2.75) is 6.42 Å². The van der Waals surface area contributed by atoms with Crippen molar-refractivity contribution < 1.29 is 4.79 Å². The van der Waals surface area contributed by atoms with Gasteiger partial charge in [-0.2, -0.15) is 0 Å². The van der Waals surface area contributed by atoms with Crippen molar-refractivity contribution in [2.75, 3.05) is 6.54 Å². The molecule has 0 spiro atoms. The largest absolute Gasteiger partial charge is 0.297 e. The summed E-state index contributed by atoms with van der Waals surface area (Å²) in [5, 5.41) is 0.664. The molecular formula is C16H12ClNO. The number of hydrogen-bond acceptors (Lipinski definition) is 2. The number of fused-ring (bicyclic) bond motifs is 1. The average molecular weight is 276 g/mol. The predicted molar refractivity (Wildman–Crippen MR) is 77.1 cm³/mol. The first-order valence-corrected chi connectivity index (χ1v) is 6.52. The van der Waals surface area contributed by atoms with Gasteiger partial charge < -0.3 is 0 Å². The molecule has 3 rings (SSSR count). The van der Waals surface area contributed by atoms with E-state index in [-0.39, 0.29) is 12.3 Å². The highest BCUT2D eigenvalue weighted by atomic mass is 35.5. The number of halogens is 1. The van der Waals surface area contributed by atoms with Gasteiger partial charge >= 0.3 is 0 Å². The number of carbonyl (C=O) groups is 1. The Morgan fingerprint density at radius 3 is 2.63 bits per heavy atom. The Bertz CT molecular complexity index is 662. The van der Waals surface area contributed by atoms with Crippen LogP contribution in [-0.2, 0) is 11.2 Å². The molecular weight excluding hydrogens is 264 g/mol. The Balaban J connectivity index is 2.20. The first kappa shape index (κ1) is 12.1. The molecule has 2 aromatic rings. The van der Waals surface area contributed by atoms with E-state index < -0.39 is 0 Å². The monoisotopic (exact) mass is 275 g/mol. The molecule has 19 heavy (non-hydrogen) atoms. The van der Waals surface area contributed by atoms with Crippen LogP contribution in [0, 0.1) is 0 Å². The molecule has 0 radical (unpaired) electrons. The number of ketones is 1. The second-order valence-electron chi connectivity index (χ2n) is 4.55. The summed E-state index contributed by atoms with van der Waals surface area (Å²) in [5.41, 5.74) is 3.82. The third-order valence-electron chi connectivity index (χ3n) is 3.18. The summed E-state index contributed by atoms with van der Waals surface area (Å²) in [5.74, 6) is 0.134. The third-order valence-corrected chi connectivity index (χ3v) is 3.41. The number of hydrogen-bond donors (Lipinski definition) is 0. The number of nitrogens with zero attached hydrogens (tertiary/aromatic N) is 1. The van der Waals surface area contributed by atoms with Crippen LogP contribution >= 0.6 is 11.6 Å². The van der Waals surface area contributed by atoms with Crippen LogP contribution in [0.1, 0.15) is 16.7 Å². The second kappa shape index (κ2) is 4.98. The van der Waals surface area contributed by atoms with Gasteiger partial charge in [-0.1, -0.05) is 48.0 Å². The smallest absolute Gasteiger partial charge is 0.158 e. The predicted octanol–water partition coefficient (Wildman–Crippen LogP) is 3.30. The zero-order valence-electron chi connectivity index (χ0n) is 10.3. The van der Waals surface area contributed by atoms with Crippen LogP contribution in [-0.4, -0.2) is 18.0 Å². The van der Waals surface area contributed by atoms with Crippen molar-refractivity contribution in [1.82, 2.24) is 0 Å². The molecule has 1 aliphatic rings. The van der Waals surface area contributed by atoms with Crippen LogP contribution in [0.4, 0.5) is 0 Å². The summed E-state index contributed by atoms with van der Waals surface area (Å²) >= 11 is 6.08. The summed E-state index contributed by atoms with van der Waals surface area (Å²) in [6.45, 7) is 0.233. The van der Waals surface area contributed by atoms with E-state index in [1.165, 1.54) is 0 Å². The van der Waals surface area contributed by atoms with Gasteiger partial charge in [-0.15, -0.1) is 0 Å². The van der Waals surface area contributed by atoms with Gasteiger partial charge in [0.1, 0.15) is 0 Å². The van der Waals surface area contributed by atoms with E-state index in [1.54, 1.807) is 0 Å². The molecule has 0 saturated carbocycles. The van der Waals surface area contributed by atoms with E-state index in [2.05, 4.69) is 4.99 Å². The molecule has 0 aliphatic carbocycles. The molecule has 0 bridgehead atoms. The lowest BCUT2D eigenvalue weighted by atomic mass is 10.2. The zero-order chi connectivity index (χ0) is 13.2. The van der Waals surface area contributed by atoms with Gasteiger partial charge in [0.25, 0.3) is 0 Å². The Morgan fingerprint density at radius 2 is 1.84 bits per heavy atom. The summed E-state index contributed by atoms with van der Waals surface area (Å²) in [6, 6.07) is 15.5. The second-order valence-corrected chi connectivity index (χ2v) is 4.98. The first-order valence-electron chi connectivity index (χ1n) is 6.14. The third kappa shape index (κ3) is 2.45. The van der Waals surface area contributed by atoms with Crippen molar-refractivity contribution in [3.05, 3.63) is 70.2 Å². The number of aliphatic imine (C=N–C) groups is 1. The summed E-state index contributed by atoms with van der Waals surface area (Å²) < 4.78 is 0. The van der Waals surface area contributed by atoms with Crippen molar-refractivity contribution in [3.8, 4) is 0 Å². The van der Waals surface area contributed by atoms with E-state index in [4.69, 9.17) is 11.6 Å². The minimum Gasteiger partial charge on any atom is -0.297 e. The number of Topliss-reactive ketones (excluding diaryl/α,β-unsaturated/α-hetero) is 1. The number of benzene rings is 2. The maximum Gasteiger partial charge on any atom is 0.158 e. The average Bonchev–Trinajstić information content (AvgIpc) is 2.58. The molecule has 0 fully saturated rings. The maximum absolute atomic E-state index is 11.8. The molecule has 0 amide bonds. The van der Waals surface area contributed by atoms with Gasteiger partial charge in [-0.05, 0) is 17.7 Å². The lowest BCUT2D eigenvalue weighted by Crippen LogP contribution is -2.05. The van der Waals surface area contributed by atoms with Gasteiger partial charge in [0.15, 0.2) is 5.78 Å². The van der Waals surface area contributed by atoms with Crippen molar-refractivity contribution in [2.24, 2.45) is 4.99 Å². The first-order chi connectivity index (χ1) is 9.24. The molecule has 3 heteroatoms. The highest BCUT2D eigenvalue weighted by Gasteiger charge is 2.18.